The first kappa shape index (κ1) is 16.0. The van der Waals surface area contributed by atoms with Crippen molar-refractivity contribution in [3.8, 4) is 0 Å². The van der Waals surface area contributed by atoms with E-state index in [-0.39, 0.29) is 17.9 Å². The Morgan fingerprint density at radius 3 is 2.78 bits per heavy atom. The molecule has 23 heavy (non-hydrogen) atoms. The molecule has 4 nitrogen and oxygen atoms in total. The van der Waals surface area contributed by atoms with Crippen LogP contribution in [-0.4, -0.2) is 26.7 Å². The number of hydrogen-bond acceptors (Lipinski definition) is 4. The van der Waals surface area contributed by atoms with E-state index in [9.17, 15) is 9.50 Å². The Morgan fingerprint density at radius 2 is 2.09 bits per heavy atom. The molecule has 1 atom stereocenters. The summed E-state index contributed by atoms with van der Waals surface area (Å²) in [6.07, 6.45) is 5.19. The molecule has 2 N–H and O–H groups in total. The molecule has 0 spiro atoms. The Balaban J connectivity index is 1.55. The first-order valence-electron chi connectivity index (χ1n) is 7.95. The zero-order valence-electron chi connectivity index (χ0n) is 13.5. The molecule has 0 amide bonds. The second-order valence-electron chi connectivity index (χ2n) is 6.55. The van der Waals surface area contributed by atoms with Gasteiger partial charge in [0.25, 0.3) is 0 Å². The predicted octanol–water partition coefficient (Wildman–Crippen LogP) is 2.71. The molecule has 0 bridgehead atoms. The Bertz CT molecular complexity index is 685. The van der Waals surface area contributed by atoms with Crippen molar-refractivity contribution in [3.63, 3.8) is 0 Å². The van der Waals surface area contributed by atoms with Gasteiger partial charge < -0.3 is 10.4 Å². The summed E-state index contributed by atoms with van der Waals surface area (Å²) < 4.78 is 13.2. The SMILES string of the molecule is Cc1nccnc1C(C)NC1CC(O)(Cc2cccc(F)c2)C1. The molecule has 0 radical (unpaired) electrons. The van der Waals surface area contributed by atoms with Crippen LogP contribution in [0.2, 0.25) is 0 Å². The van der Waals surface area contributed by atoms with Gasteiger partial charge in [-0.15, -0.1) is 0 Å². The van der Waals surface area contributed by atoms with Crippen LogP contribution in [0, 0.1) is 12.7 Å². The predicted molar refractivity (Wildman–Crippen MR) is 86.4 cm³/mol. The molecule has 1 unspecified atom stereocenters. The van der Waals surface area contributed by atoms with Crippen LogP contribution in [0.3, 0.4) is 0 Å². The minimum Gasteiger partial charge on any atom is -0.389 e. The van der Waals surface area contributed by atoms with Crippen molar-refractivity contribution in [2.45, 2.75) is 50.8 Å². The van der Waals surface area contributed by atoms with Gasteiger partial charge in [0.15, 0.2) is 0 Å². The summed E-state index contributed by atoms with van der Waals surface area (Å²) in [4.78, 5) is 8.63. The fourth-order valence-corrected chi connectivity index (χ4v) is 3.42. The Morgan fingerprint density at radius 1 is 1.35 bits per heavy atom. The molecule has 1 aromatic carbocycles. The normalized spacial score (nSPS) is 25.0. The molecule has 5 heteroatoms. The molecular formula is C18H22FN3O. The Labute approximate surface area is 135 Å². The highest BCUT2D eigenvalue weighted by Crippen LogP contribution is 2.36. The highest BCUT2D eigenvalue weighted by atomic mass is 19.1. The maximum absolute atomic E-state index is 13.2. The number of nitrogens with zero attached hydrogens (tertiary/aromatic N) is 2. The number of benzene rings is 1. The maximum Gasteiger partial charge on any atom is 0.123 e. The van der Waals surface area contributed by atoms with Crippen molar-refractivity contribution in [1.29, 1.82) is 0 Å². The number of aliphatic hydroxyl groups is 1. The lowest BCUT2D eigenvalue weighted by molar-refractivity contribution is -0.0573. The van der Waals surface area contributed by atoms with Gasteiger partial charge in [-0.1, -0.05) is 12.1 Å². The van der Waals surface area contributed by atoms with Crippen LogP contribution in [0.25, 0.3) is 0 Å². The molecule has 2 aromatic rings. The third kappa shape index (κ3) is 3.74. The molecule has 1 saturated carbocycles. The van der Waals surface area contributed by atoms with E-state index >= 15 is 0 Å². The average molecular weight is 315 g/mol. The number of nitrogens with one attached hydrogen (secondary N) is 1. The molecule has 3 rings (SSSR count). The minimum absolute atomic E-state index is 0.0902. The number of hydrogen-bond donors (Lipinski definition) is 2. The Kier molecular flexibility index (Phi) is 4.41. The fourth-order valence-electron chi connectivity index (χ4n) is 3.42. The smallest absolute Gasteiger partial charge is 0.123 e. The summed E-state index contributed by atoms with van der Waals surface area (Å²) in [7, 11) is 0. The third-order valence-corrected chi connectivity index (χ3v) is 4.49. The van der Waals surface area contributed by atoms with Crippen LogP contribution in [0.15, 0.2) is 36.7 Å². The van der Waals surface area contributed by atoms with Gasteiger partial charge in [0.1, 0.15) is 5.82 Å². The molecule has 0 saturated heterocycles. The van der Waals surface area contributed by atoms with Crippen LogP contribution in [0.1, 0.15) is 42.8 Å². The first-order valence-corrected chi connectivity index (χ1v) is 7.95. The van der Waals surface area contributed by atoms with E-state index in [0.29, 0.717) is 19.3 Å². The van der Waals surface area contributed by atoms with E-state index in [2.05, 4.69) is 22.2 Å². The molecule has 1 aromatic heterocycles. The van der Waals surface area contributed by atoms with Gasteiger partial charge in [-0.05, 0) is 44.4 Å². The minimum atomic E-state index is -0.747. The van der Waals surface area contributed by atoms with Gasteiger partial charge in [-0.3, -0.25) is 9.97 Å². The second kappa shape index (κ2) is 6.34. The van der Waals surface area contributed by atoms with Gasteiger partial charge in [0.05, 0.1) is 17.0 Å². The molecule has 1 fully saturated rings. The molecule has 1 aliphatic carbocycles. The van der Waals surface area contributed by atoms with Crippen molar-refractivity contribution in [3.05, 3.63) is 59.4 Å². The fraction of sp³-hybridized carbons (Fsp3) is 0.444. The molecule has 1 aliphatic rings. The van der Waals surface area contributed by atoms with Crippen LogP contribution in [-0.2, 0) is 6.42 Å². The zero-order valence-corrected chi connectivity index (χ0v) is 13.5. The standard InChI is InChI=1S/C18H22FN3O/c1-12-17(21-7-6-20-12)13(2)22-16-10-18(23,11-16)9-14-4-3-5-15(19)8-14/h3-8,13,16,22-23H,9-11H2,1-2H3. The summed E-state index contributed by atoms with van der Waals surface area (Å²) in [5.41, 5.74) is 1.95. The molecule has 0 aliphatic heterocycles. The summed E-state index contributed by atoms with van der Waals surface area (Å²) in [5, 5.41) is 14.1. The van der Waals surface area contributed by atoms with Crippen LogP contribution < -0.4 is 5.32 Å². The lowest BCUT2D eigenvalue weighted by Crippen LogP contribution is -2.55. The number of aryl methyl sites for hydroxylation is 1. The lowest BCUT2D eigenvalue weighted by Gasteiger charge is -2.45. The highest BCUT2D eigenvalue weighted by Gasteiger charge is 2.43. The van der Waals surface area contributed by atoms with Crippen molar-refractivity contribution < 1.29 is 9.50 Å². The summed E-state index contributed by atoms with van der Waals surface area (Å²) in [5.74, 6) is -0.258. The van der Waals surface area contributed by atoms with Gasteiger partial charge in [-0.2, -0.15) is 0 Å². The summed E-state index contributed by atoms with van der Waals surface area (Å²) in [6.45, 7) is 4.00. The van der Waals surface area contributed by atoms with E-state index in [4.69, 9.17) is 0 Å². The van der Waals surface area contributed by atoms with E-state index in [1.165, 1.54) is 12.1 Å². The van der Waals surface area contributed by atoms with Crippen molar-refractivity contribution >= 4 is 0 Å². The monoisotopic (exact) mass is 315 g/mol. The number of rotatable bonds is 5. The molecular weight excluding hydrogens is 293 g/mol. The van der Waals surface area contributed by atoms with Crippen molar-refractivity contribution in [1.82, 2.24) is 15.3 Å². The third-order valence-electron chi connectivity index (χ3n) is 4.49. The van der Waals surface area contributed by atoms with Gasteiger partial charge in [0.2, 0.25) is 0 Å². The van der Waals surface area contributed by atoms with E-state index in [1.54, 1.807) is 18.5 Å². The van der Waals surface area contributed by atoms with E-state index < -0.39 is 5.60 Å². The number of halogens is 1. The van der Waals surface area contributed by atoms with Crippen LogP contribution in [0.4, 0.5) is 4.39 Å². The van der Waals surface area contributed by atoms with Crippen molar-refractivity contribution in [2.75, 3.05) is 0 Å². The Hall–Kier alpha value is -1.85. The van der Waals surface area contributed by atoms with Crippen molar-refractivity contribution in [2.24, 2.45) is 0 Å². The molecule has 122 valence electrons. The van der Waals surface area contributed by atoms with E-state index in [1.807, 2.05) is 13.0 Å². The van der Waals surface area contributed by atoms with Gasteiger partial charge >= 0.3 is 0 Å². The van der Waals surface area contributed by atoms with Crippen LogP contribution >= 0.6 is 0 Å². The lowest BCUT2D eigenvalue weighted by atomic mass is 9.72. The quantitative estimate of drug-likeness (QED) is 0.891. The summed E-state index contributed by atoms with van der Waals surface area (Å²) >= 11 is 0. The largest absolute Gasteiger partial charge is 0.389 e. The van der Waals surface area contributed by atoms with Gasteiger partial charge in [-0.25, -0.2) is 4.39 Å². The number of aromatic nitrogens is 2. The molecule has 1 heterocycles. The summed E-state index contributed by atoms with van der Waals surface area (Å²) in [6, 6.07) is 6.78. The first-order chi connectivity index (χ1) is 11.0. The van der Waals surface area contributed by atoms with E-state index in [0.717, 1.165) is 17.0 Å². The maximum atomic E-state index is 13.2. The topological polar surface area (TPSA) is 58.0 Å². The zero-order chi connectivity index (χ0) is 16.4. The average Bonchev–Trinajstić information content (AvgIpc) is 2.46. The van der Waals surface area contributed by atoms with Gasteiger partial charge in [0, 0.05) is 30.9 Å². The second-order valence-corrected chi connectivity index (χ2v) is 6.55. The highest BCUT2D eigenvalue weighted by molar-refractivity contribution is 5.21. The van der Waals surface area contributed by atoms with Crippen LogP contribution in [0.5, 0.6) is 0 Å².